The van der Waals surface area contributed by atoms with Crippen LogP contribution in [0.1, 0.15) is 21.8 Å². The molecular weight excluding hydrogens is 309 g/mol. The molecule has 3 rings (SSSR count). The van der Waals surface area contributed by atoms with E-state index in [0.717, 1.165) is 18.8 Å². The van der Waals surface area contributed by atoms with Crippen LogP contribution in [-0.4, -0.2) is 24.2 Å². The number of halogens is 2. The minimum atomic E-state index is -1.10. The molecule has 5 heteroatoms. The minimum Gasteiger partial charge on any atom is -0.478 e. The van der Waals surface area contributed by atoms with Gasteiger partial charge < -0.3 is 10.0 Å². The molecule has 0 amide bonds. The van der Waals surface area contributed by atoms with Crippen molar-refractivity contribution in [3.8, 4) is 0 Å². The first kappa shape index (κ1) is 14.2. The summed E-state index contributed by atoms with van der Waals surface area (Å²) in [6, 6.07) is 13.6. The Kier molecular flexibility index (Phi) is 3.79. The fourth-order valence-corrected chi connectivity index (χ4v) is 3.24. The molecule has 21 heavy (non-hydrogen) atoms. The molecule has 1 saturated heterocycles. The highest BCUT2D eigenvalue weighted by molar-refractivity contribution is 6.41. The van der Waals surface area contributed by atoms with Crippen LogP contribution in [0.25, 0.3) is 0 Å². The van der Waals surface area contributed by atoms with Gasteiger partial charge in [-0.3, -0.25) is 0 Å². The lowest BCUT2D eigenvalue weighted by molar-refractivity contribution is 0.0697. The van der Waals surface area contributed by atoms with E-state index < -0.39 is 5.97 Å². The lowest BCUT2D eigenvalue weighted by Crippen LogP contribution is -2.45. The van der Waals surface area contributed by atoms with Gasteiger partial charge in [-0.05, 0) is 17.7 Å². The second-order valence-electron chi connectivity index (χ2n) is 5.07. The first-order valence-corrected chi connectivity index (χ1v) is 7.34. The van der Waals surface area contributed by atoms with E-state index >= 15 is 0 Å². The molecule has 0 spiro atoms. The predicted octanol–water partition coefficient (Wildman–Crippen LogP) is 4.30. The number of hydrogen-bond acceptors (Lipinski definition) is 2. The number of anilines is 1. The van der Waals surface area contributed by atoms with Crippen molar-refractivity contribution in [1.82, 2.24) is 0 Å². The fraction of sp³-hybridized carbons (Fsp3) is 0.188. The molecule has 0 aliphatic carbocycles. The van der Waals surface area contributed by atoms with Crippen molar-refractivity contribution >= 4 is 34.9 Å². The third-order valence-corrected chi connectivity index (χ3v) is 4.48. The van der Waals surface area contributed by atoms with Gasteiger partial charge in [-0.15, -0.1) is 0 Å². The maximum atomic E-state index is 11.2. The molecule has 0 aromatic heterocycles. The summed E-state index contributed by atoms with van der Waals surface area (Å²) in [6.07, 6.45) is 0. The number of rotatable bonds is 3. The highest BCUT2D eigenvalue weighted by Crippen LogP contribution is 2.39. The van der Waals surface area contributed by atoms with Crippen LogP contribution < -0.4 is 4.90 Å². The van der Waals surface area contributed by atoms with Gasteiger partial charge in [-0.25, -0.2) is 4.79 Å². The molecule has 3 nitrogen and oxygen atoms in total. The molecule has 0 bridgehead atoms. The van der Waals surface area contributed by atoms with Crippen LogP contribution in [0.5, 0.6) is 0 Å². The maximum absolute atomic E-state index is 11.2. The van der Waals surface area contributed by atoms with E-state index in [-0.39, 0.29) is 15.6 Å². The highest BCUT2D eigenvalue weighted by atomic mass is 35.5. The summed E-state index contributed by atoms with van der Waals surface area (Å²) in [5.41, 5.74) is 1.99. The Morgan fingerprint density at radius 2 is 1.76 bits per heavy atom. The number of hydrogen-bond donors (Lipinski definition) is 1. The summed E-state index contributed by atoms with van der Waals surface area (Å²) in [6.45, 7) is 1.65. The normalized spacial score (nSPS) is 14.9. The highest BCUT2D eigenvalue weighted by Gasteiger charge is 2.31. The first-order valence-electron chi connectivity index (χ1n) is 6.59. The molecule has 1 aliphatic rings. The van der Waals surface area contributed by atoms with E-state index in [1.165, 1.54) is 5.56 Å². The SMILES string of the molecule is O=C(O)c1c(Cl)ccc(N2CC(c3ccccc3)C2)c1Cl. The van der Waals surface area contributed by atoms with E-state index in [2.05, 4.69) is 17.0 Å². The van der Waals surface area contributed by atoms with Crippen molar-refractivity contribution in [2.24, 2.45) is 0 Å². The topological polar surface area (TPSA) is 40.5 Å². The Morgan fingerprint density at radius 3 is 2.38 bits per heavy atom. The van der Waals surface area contributed by atoms with Crippen LogP contribution in [0, 0.1) is 0 Å². The minimum absolute atomic E-state index is 0.0287. The molecular formula is C16H13Cl2NO2. The second-order valence-corrected chi connectivity index (χ2v) is 5.86. The number of aromatic carboxylic acids is 1. The summed E-state index contributed by atoms with van der Waals surface area (Å²) in [5.74, 6) is -0.654. The van der Waals surface area contributed by atoms with Gasteiger partial charge in [0.2, 0.25) is 0 Å². The van der Waals surface area contributed by atoms with E-state index in [1.807, 2.05) is 18.2 Å². The van der Waals surface area contributed by atoms with Crippen molar-refractivity contribution in [3.63, 3.8) is 0 Å². The van der Waals surface area contributed by atoms with Crippen molar-refractivity contribution in [1.29, 1.82) is 0 Å². The van der Waals surface area contributed by atoms with Gasteiger partial charge in [-0.2, -0.15) is 0 Å². The van der Waals surface area contributed by atoms with Crippen molar-refractivity contribution in [2.75, 3.05) is 18.0 Å². The Labute approximate surface area is 132 Å². The number of carbonyl (C=O) groups is 1. The molecule has 0 radical (unpaired) electrons. The quantitative estimate of drug-likeness (QED) is 0.916. The van der Waals surface area contributed by atoms with E-state index in [9.17, 15) is 9.90 Å². The molecule has 0 unspecified atom stereocenters. The van der Waals surface area contributed by atoms with E-state index in [4.69, 9.17) is 23.2 Å². The summed E-state index contributed by atoms with van der Waals surface area (Å²) in [7, 11) is 0. The monoisotopic (exact) mass is 321 g/mol. The summed E-state index contributed by atoms with van der Waals surface area (Å²) in [5, 5.41) is 9.56. The second kappa shape index (κ2) is 5.58. The summed E-state index contributed by atoms with van der Waals surface area (Å²) in [4.78, 5) is 13.3. The lowest BCUT2D eigenvalue weighted by atomic mass is 9.91. The predicted molar refractivity (Wildman–Crippen MR) is 84.8 cm³/mol. The third-order valence-electron chi connectivity index (χ3n) is 3.78. The van der Waals surface area contributed by atoms with Crippen LogP contribution in [0.4, 0.5) is 5.69 Å². The maximum Gasteiger partial charge on any atom is 0.338 e. The number of nitrogens with zero attached hydrogens (tertiary/aromatic N) is 1. The zero-order chi connectivity index (χ0) is 15.0. The van der Waals surface area contributed by atoms with Crippen molar-refractivity contribution in [3.05, 3.63) is 63.6 Å². The smallest absolute Gasteiger partial charge is 0.338 e. The van der Waals surface area contributed by atoms with Gasteiger partial charge in [0.25, 0.3) is 0 Å². The standard InChI is InChI=1S/C16H13Cl2NO2/c17-12-6-7-13(15(18)14(12)16(20)21)19-8-11(9-19)10-4-2-1-3-5-10/h1-7,11H,8-9H2,(H,20,21). The summed E-state index contributed by atoms with van der Waals surface area (Å²) >= 11 is 12.1. The molecule has 0 saturated carbocycles. The fourth-order valence-electron chi connectivity index (χ4n) is 2.59. The first-order chi connectivity index (χ1) is 10.1. The van der Waals surface area contributed by atoms with Gasteiger partial charge in [0.1, 0.15) is 0 Å². The van der Waals surface area contributed by atoms with Crippen LogP contribution in [0.15, 0.2) is 42.5 Å². The Balaban J connectivity index is 1.82. The van der Waals surface area contributed by atoms with Gasteiger partial charge in [0.15, 0.2) is 0 Å². The average molecular weight is 322 g/mol. The van der Waals surface area contributed by atoms with Gasteiger partial charge >= 0.3 is 5.97 Å². The Morgan fingerprint density at radius 1 is 1.10 bits per heavy atom. The summed E-state index contributed by atoms with van der Waals surface area (Å²) < 4.78 is 0. The van der Waals surface area contributed by atoms with Gasteiger partial charge in [0.05, 0.1) is 21.3 Å². The third kappa shape index (κ3) is 2.59. The molecule has 108 valence electrons. The van der Waals surface area contributed by atoms with Gasteiger partial charge in [0, 0.05) is 19.0 Å². The molecule has 2 aromatic carbocycles. The number of carboxylic acid groups (broad SMARTS) is 1. The zero-order valence-corrected chi connectivity index (χ0v) is 12.6. The zero-order valence-electron chi connectivity index (χ0n) is 11.1. The van der Waals surface area contributed by atoms with Crippen LogP contribution in [-0.2, 0) is 0 Å². The van der Waals surface area contributed by atoms with E-state index in [0.29, 0.717) is 5.92 Å². The molecule has 1 heterocycles. The van der Waals surface area contributed by atoms with Crippen LogP contribution in [0.3, 0.4) is 0 Å². The largest absolute Gasteiger partial charge is 0.478 e. The van der Waals surface area contributed by atoms with Crippen LogP contribution in [0.2, 0.25) is 10.0 Å². The molecule has 0 atom stereocenters. The molecule has 1 aliphatic heterocycles. The Hall–Kier alpha value is -1.71. The molecule has 2 aromatic rings. The average Bonchev–Trinajstić information content (AvgIpc) is 2.40. The Bertz CT molecular complexity index is 682. The van der Waals surface area contributed by atoms with Crippen molar-refractivity contribution in [2.45, 2.75) is 5.92 Å². The van der Waals surface area contributed by atoms with Crippen LogP contribution >= 0.6 is 23.2 Å². The van der Waals surface area contributed by atoms with Gasteiger partial charge in [-0.1, -0.05) is 53.5 Å². The van der Waals surface area contributed by atoms with E-state index in [1.54, 1.807) is 12.1 Å². The molecule has 1 fully saturated rings. The van der Waals surface area contributed by atoms with Crippen molar-refractivity contribution < 1.29 is 9.90 Å². The number of benzene rings is 2. The number of carboxylic acids is 1. The molecule has 1 N–H and O–H groups in total. The lowest BCUT2D eigenvalue weighted by Gasteiger charge is -2.42.